The fourth-order valence-electron chi connectivity index (χ4n) is 1.66. The van der Waals surface area contributed by atoms with Gasteiger partial charge in [0.15, 0.2) is 5.96 Å². The van der Waals surface area contributed by atoms with Gasteiger partial charge >= 0.3 is 0 Å². The van der Waals surface area contributed by atoms with Crippen molar-refractivity contribution < 1.29 is 5.11 Å². The van der Waals surface area contributed by atoms with Crippen LogP contribution in [0.3, 0.4) is 0 Å². The molecule has 1 unspecified atom stereocenters. The maximum Gasteiger partial charge on any atom is 0.191 e. The van der Waals surface area contributed by atoms with Gasteiger partial charge in [-0.25, -0.2) is 0 Å². The molecule has 0 aromatic heterocycles. The maximum atomic E-state index is 10.3. The number of hydrogen-bond donors (Lipinski definition) is 3. The summed E-state index contributed by atoms with van der Waals surface area (Å²) in [6, 6.07) is 0. The summed E-state index contributed by atoms with van der Waals surface area (Å²) in [5.74, 6) is 2.66. The molecule has 19 heavy (non-hydrogen) atoms. The highest BCUT2D eigenvalue weighted by molar-refractivity contribution is 8.00. The highest BCUT2D eigenvalue weighted by atomic mass is 32.2. The van der Waals surface area contributed by atoms with Crippen LogP contribution in [0.1, 0.15) is 27.2 Å². The number of thioether (sulfide) groups is 2. The van der Waals surface area contributed by atoms with Crippen molar-refractivity contribution in [3.63, 3.8) is 0 Å². The Labute approximate surface area is 125 Å². The first-order valence-electron chi connectivity index (χ1n) is 6.78. The summed E-state index contributed by atoms with van der Waals surface area (Å²) in [7, 11) is 0. The van der Waals surface area contributed by atoms with E-state index in [4.69, 9.17) is 0 Å². The predicted octanol–water partition coefficient (Wildman–Crippen LogP) is 1.55. The molecule has 1 atom stereocenters. The van der Waals surface area contributed by atoms with Crippen LogP contribution in [0.25, 0.3) is 0 Å². The van der Waals surface area contributed by atoms with Gasteiger partial charge in [-0.05, 0) is 39.2 Å². The van der Waals surface area contributed by atoms with Gasteiger partial charge in [-0.15, -0.1) is 0 Å². The van der Waals surface area contributed by atoms with Crippen LogP contribution in [0, 0.1) is 0 Å². The molecule has 0 radical (unpaired) electrons. The summed E-state index contributed by atoms with van der Waals surface area (Å²) in [6.45, 7) is 8.59. The van der Waals surface area contributed by atoms with Crippen LogP contribution in [0.5, 0.6) is 0 Å². The average Bonchev–Trinajstić information content (AvgIpc) is 2.80. The van der Waals surface area contributed by atoms with Crippen molar-refractivity contribution in [1.82, 2.24) is 10.6 Å². The monoisotopic (exact) mass is 305 g/mol. The molecule has 112 valence electrons. The van der Waals surface area contributed by atoms with Crippen LogP contribution < -0.4 is 10.6 Å². The molecule has 0 spiro atoms. The third kappa shape index (κ3) is 6.27. The standard InChI is InChI=1S/C13H27N3OS2/c1-5-14-11(15-8-12(2,3)18-4)16-9-13(17)6-7-19-10-13/h17H,5-10H2,1-4H3,(H2,14,15,16). The SMILES string of the molecule is CCNC(=NCC(C)(C)SC)NCC1(O)CCSC1. The van der Waals surface area contributed by atoms with Gasteiger partial charge in [-0.2, -0.15) is 23.5 Å². The van der Waals surface area contributed by atoms with Gasteiger partial charge in [-0.1, -0.05) is 0 Å². The Morgan fingerprint density at radius 3 is 2.74 bits per heavy atom. The lowest BCUT2D eigenvalue weighted by Gasteiger charge is -2.24. The van der Waals surface area contributed by atoms with E-state index >= 15 is 0 Å². The van der Waals surface area contributed by atoms with Crippen molar-refractivity contribution >= 4 is 29.5 Å². The number of aliphatic hydroxyl groups is 1. The summed E-state index contributed by atoms with van der Waals surface area (Å²) < 4.78 is 0.141. The van der Waals surface area contributed by atoms with Crippen molar-refractivity contribution in [2.24, 2.45) is 4.99 Å². The lowest BCUT2D eigenvalue weighted by Crippen LogP contribution is -2.47. The number of hydrogen-bond acceptors (Lipinski definition) is 4. The molecule has 6 heteroatoms. The normalized spacial score (nSPS) is 24.6. The summed E-state index contributed by atoms with van der Waals surface area (Å²) in [5.41, 5.74) is -0.574. The Morgan fingerprint density at radius 1 is 1.47 bits per heavy atom. The van der Waals surface area contributed by atoms with E-state index in [0.717, 1.165) is 37.0 Å². The van der Waals surface area contributed by atoms with Gasteiger partial charge in [-0.3, -0.25) is 4.99 Å². The number of nitrogens with one attached hydrogen (secondary N) is 2. The fourth-order valence-corrected chi connectivity index (χ4v) is 3.15. The summed E-state index contributed by atoms with van der Waals surface area (Å²) in [4.78, 5) is 4.60. The van der Waals surface area contributed by atoms with Crippen LogP contribution in [-0.2, 0) is 0 Å². The van der Waals surface area contributed by atoms with Crippen LogP contribution in [0.4, 0.5) is 0 Å². The minimum absolute atomic E-state index is 0.141. The Morgan fingerprint density at radius 2 is 2.21 bits per heavy atom. The zero-order valence-corrected chi connectivity index (χ0v) is 14.1. The average molecular weight is 306 g/mol. The van der Waals surface area contributed by atoms with Crippen molar-refractivity contribution in [1.29, 1.82) is 0 Å². The van der Waals surface area contributed by atoms with E-state index in [9.17, 15) is 5.11 Å². The lowest BCUT2D eigenvalue weighted by atomic mass is 10.0. The van der Waals surface area contributed by atoms with Crippen LogP contribution in [-0.4, -0.2) is 58.8 Å². The first kappa shape index (κ1) is 17.0. The van der Waals surface area contributed by atoms with E-state index in [-0.39, 0.29) is 4.75 Å². The highest BCUT2D eigenvalue weighted by Gasteiger charge is 2.31. The highest BCUT2D eigenvalue weighted by Crippen LogP contribution is 2.27. The van der Waals surface area contributed by atoms with Gasteiger partial charge in [0, 0.05) is 23.6 Å². The molecule has 1 aliphatic rings. The quantitative estimate of drug-likeness (QED) is 0.513. The maximum absolute atomic E-state index is 10.3. The molecule has 1 saturated heterocycles. The lowest BCUT2D eigenvalue weighted by molar-refractivity contribution is 0.0724. The smallest absolute Gasteiger partial charge is 0.191 e. The van der Waals surface area contributed by atoms with Gasteiger partial charge in [0.25, 0.3) is 0 Å². The topological polar surface area (TPSA) is 56.7 Å². The van der Waals surface area contributed by atoms with E-state index < -0.39 is 5.60 Å². The first-order valence-corrected chi connectivity index (χ1v) is 9.16. The van der Waals surface area contributed by atoms with E-state index in [1.807, 2.05) is 23.5 Å². The van der Waals surface area contributed by atoms with Crippen molar-refractivity contribution in [3.8, 4) is 0 Å². The van der Waals surface area contributed by atoms with E-state index in [2.05, 4.69) is 42.7 Å². The van der Waals surface area contributed by atoms with Gasteiger partial charge in [0.05, 0.1) is 12.1 Å². The minimum atomic E-state index is -0.574. The number of aliphatic imine (C=N–C) groups is 1. The Bertz CT molecular complexity index is 302. The van der Waals surface area contributed by atoms with E-state index in [0.29, 0.717) is 6.54 Å². The molecular weight excluding hydrogens is 278 g/mol. The van der Waals surface area contributed by atoms with E-state index in [1.54, 1.807) is 0 Å². The predicted molar refractivity (Wildman–Crippen MR) is 88.5 cm³/mol. The summed E-state index contributed by atoms with van der Waals surface area (Å²) >= 11 is 3.63. The zero-order chi connectivity index (χ0) is 14.4. The second-order valence-corrected chi connectivity index (χ2v) is 8.16. The molecule has 0 aromatic rings. The van der Waals surface area contributed by atoms with Crippen LogP contribution >= 0.6 is 23.5 Å². The summed E-state index contributed by atoms with van der Waals surface area (Å²) in [5, 5.41) is 16.8. The Hall–Kier alpha value is -0.0700. The van der Waals surface area contributed by atoms with Crippen LogP contribution in [0.2, 0.25) is 0 Å². The summed E-state index contributed by atoms with van der Waals surface area (Å²) in [6.07, 6.45) is 2.97. The molecule has 4 nitrogen and oxygen atoms in total. The zero-order valence-electron chi connectivity index (χ0n) is 12.5. The molecule has 1 aliphatic heterocycles. The van der Waals surface area contributed by atoms with Gasteiger partial charge in [0.2, 0.25) is 0 Å². The molecule has 0 aromatic carbocycles. The largest absolute Gasteiger partial charge is 0.387 e. The molecule has 0 amide bonds. The van der Waals surface area contributed by atoms with Gasteiger partial charge in [0.1, 0.15) is 0 Å². The minimum Gasteiger partial charge on any atom is -0.387 e. The second kappa shape index (κ2) is 7.64. The molecule has 0 saturated carbocycles. The second-order valence-electron chi connectivity index (χ2n) is 5.54. The molecular formula is C13H27N3OS2. The van der Waals surface area contributed by atoms with Crippen molar-refractivity contribution in [3.05, 3.63) is 0 Å². The molecule has 3 N–H and O–H groups in total. The third-order valence-electron chi connectivity index (χ3n) is 3.18. The number of guanidine groups is 1. The third-order valence-corrected chi connectivity index (χ3v) is 5.65. The number of rotatable bonds is 6. The first-order chi connectivity index (χ1) is 8.91. The molecule has 1 rings (SSSR count). The molecule has 0 aliphatic carbocycles. The van der Waals surface area contributed by atoms with Gasteiger partial charge < -0.3 is 15.7 Å². The van der Waals surface area contributed by atoms with Crippen LogP contribution in [0.15, 0.2) is 4.99 Å². The Balaban J connectivity index is 2.49. The molecule has 1 heterocycles. The molecule has 1 fully saturated rings. The Kier molecular flexibility index (Phi) is 6.83. The fraction of sp³-hybridized carbons (Fsp3) is 0.923. The van der Waals surface area contributed by atoms with E-state index in [1.165, 1.54) is 0 Å². The number of nitrogens with zero attached hydrogens (tertiary/aromatic N) is 1. The van der Waals surface area contributed by atoms with Crippen molar-refractivity contribution in [2.75, 3.05) is 37.4 Å². The van der Waals surface area contributed by atoms with Crippen molar-refractivity contribution in [2.45, 2.75) is 37.5 Å². The molecule has 0 bridgehead atoms.